The molecule has 0 unspecified atom stereocenters. The lowest BCUT2D eigenvalue weighted by Gasteiger charge is -2.22. The van der Waals surface area contributed by atoms with Gasteiger partial charge in [-0.25, -0.2) is 4.79 Å². The number of rotatable bonds is 3. The van der Waals surface area contributed by atoms with Gasteiger partial charge >= 0.3 is 5.97 Å². The van der Waals surface area contributed by atoms with Gasteiger partial charge in [0, 0.05) is 11.8 Å². The van der Waals surface area contributed by atoms with E-state index in [9.17, 15) is 4.79 Å². The molecule has 0 spiro atoms. The molecule has 0 radical (unpaired) electrons. The molecule has 1 saturated heterocycles. The van der Waals surface area contributed by atoms with E-state index in [0.717, 1.165) is 30.2 Å². The number of benzene rings is 1. The number of hydrogen-bond donors (Lipinski definition) is 0. The minimum atomic E-state index is -0.368. The summed E-state index contributed by atoms with van der Waals surface area (Å²) in [5.41, 5.74) is 1.71. The van der Waals surface area contributed by atoms with Crippen LogP contribution in [-0.2, 0) is 14.8 Å². The summed E-state index contributed by atoms with van der Waals surface area (Å²) in [5.74, 6) is -0.307. The second kappa shape index (κ2) is 6.17. The molecule has 1 atom stereocenters. The summed E-state index contributed by atoms with van der Waals surface area (Å²) in [6.07, 6.45) is 2.53. The first-order chi connectivity index (χ1) is 8.29. The van der Waals surface area contributed by atoms with Crippen LogP contribution in [0.2, 0.25) is 0 Å². The zero-order chi connectivity index (χ0) is 12.1. The largest absolute Gasteiger partial charge is 0.432 e. The number of ether oxygens (including phenoxy) is 2. The summed E-state index contributed by atoms with van der Waals surface area (Å²) < 4.78 is 10.6. The molecule has 0 bridgehead atoms. The quantitative estimate of drug-likeness (QED) is 0.635. The Morgan fingerprint density at radius 2 is 2.12 bits per heavy atom. The van der Waals surface area contributed by atoms with Gasteiger partial charge < -0.3 is 9.47 Å². The number of hydrogen-bond acceptors (Lipinski definition) is 3. The van der Waals surface area contributed by atoms with E-state index in [4.69, 9.17) is 9.47 Å². The topological polar surface area (TPSA) is 35.5 Å². The van der Waals surface area contributed by atoms with E-state index in [0.29, 0.717) is 12.2 Å². The zero-order valence-corrected chi connectivity index (χ0v) is 11.1. The summed E-state index contributed by atoms with van der Waals surface area (Å²) in [6.45, 7) is 0.681. The van der Waals surface area contributed by atoms with Gasteiger partial charge in [-0.15, -0.1) is 0 Å². The maximum absolute atomic E-state index is 11.8. The van der Waals surface area contributed by atoms with Crippen LogP contribution in [0.1, 0.15) is 35.2 Å². The highest BCUT2D eigenvalue weighted by atomic mass is 79.9. The molecule has 1 fully saturated rings. The summed E-state index contributed by atoms with van der Waals surface area (Å²) in [4.78, 5) is 11.8. The molecule has 4 heteroatoms. The molecule has 0 N–H and O–H groups in total. The standard InChI is InChI=1S/C13H15BrO3/c14-9-10-4-6-11(7-5-10)13(15)17-12-3-1-2-8-16-12/h4-7,12H,1-3,8-9H2/t12-/m1/s1. The zero-order valence-electron chi connectivity index (χ0n) is 9.52. The van der Waals surface area contributed by atoms with Gasteiger partial charge in [0.2, 0.25) is 6.29 Å². The van der Waals surface area contributed by atoms with Crippen LogP contribution in [0, 0.1) is 0 Å². The Bertz CT molecular complexity index is 369. The van der Waals surface area contributed by atoms with E-state index in [-0.39, 0.29) is 12.3 Å². The highest BCUT2D eigenvalue weighted by Gasteiger charge is 2.18. The van der Waals surface area contributed by atoms with E-state index < -0.39 is 0 Å². The van der Waals surface area contributed by atoms with E-state index in [1.807, 2.05) is 12.1 Å². The van der Waals surface area contributed by atoms with Crippen molar-refractivity contribution < 1.29 is 14.3 Å². The Balaban J connectivity index is 1.93. The number of carbonyl (C=O) groups excluding carboxylic acids is 1. The Kier molecular flexibility index (Phi) is 4.57. The molecule has 1 aromatic rings. The van der Waals surface area contributed by atoms with Crippen molar-refractivity contribution in [3.8, 4) is 0 Å². The van der Waals surface area contributed by atoms with E-state index in [2.05, 4.69) is 15.9 Å². The Morgan fingerprint density at radius 3 is 2.71 bits per heavy atom. The van der Waals surface area contributed by atoms with Crippen molar-refractivity contribution in [2.75, 3.05) is 6.61 Å². The number of esters is 1. The molecule has 0 aromatic heterocycles. The molecule has 1 aliphatic rings. The van der Waals surface area contributed by atoms with Crippen LogP contribution in [0.25, 0.3) is 0 Å². The molecule has 3 nitrogen and oxygen atoms in total. The van der Waals surface area contributed by atoms with Crippen LogP contribution in [-0.4, -0.2) is 18.9 Å². The number of halogens is 1. The third-order valence-corrected chi connectivity index (χ3v) is 3.37. The third-order valence-electron chi connectivity index (χ3n) is 2.72. The van der Waals surface area contributed by atoms with Gasteiger partial charge in [0.05, 0.1) is 12.2 Å². The maximum Gasteiger partial charge on any atom is 0.340 e. The molecule has 17 heavy (non-hydrogen) atoms. The average Bonchev–Trinajstić information content (AvgIpc) is 2.40. The van der Waals surface area contributed by atoms with Crippen molar-refractivity contribution in [3.63, 3.8) is 0 Å². The maximum atomic E-state index is 11.8. The van der Waals surface area contributed by atoms with Crippen LogP contribution < -0.4 is 0 Å². The van der Waals surface area contributed by atoms with Crippen molar-refractivity contribution >= 4 is 21.9 Å². The highest BCUT2D eigenvalue weighted by molar-refractivity contribution is 9.08. The van der Waals surface area contributed by atoms with Gasteiger partial charge in [-0.2, -0.15) is 0 Å². The second-order valence-electron chi connectivity index (χ2n) is 4.03. The van der Waals surface area contributed by atoms with Crippen molar-refractivity contribution in [3.05, 3.63) is 35.4 Å². The molecule has 1 aliphatic heterocycles. The van der Waals surface area contributed by atoms with Crippen molar-refractivity contribution in [1.82, 2.24) is 0 Å². The van der Waals surface area contributed by atoms with Crippen molar-refractivity contribution in [2.24, 2.45) is 0 Å². The second-order valence-corrected chi connectivity index (χ2v) is 4.59. The number of alkyl halides is 1. The molecule has 92 valence electrons. The molecule has 0 amide bonds. The van der Waals surface area contributed by atoms with Gasteiger partial charge in [-0.3, -0.25) is 0 Å². The summed E-state index contributed by atoms with van der Waals surface area (Å²) in [5, 5.41) is 0.786. The normalized spacial score (nSPS) is 19.9. The van der Waals surface area contributed by atoms with Crippen LogP contribution in [0.4, 0.5) is 0 Å². The van der Waals surface area contributed by atoms with Crippen LogP contribution in [0.3, 0.4) is 0 Å². The molecular weight excluding hydrogens is 284 g/mol. The molecule has 1 aromatic carbocycles. The average molecular weight is 299 g/mol. The van der Waals surface area contributed by atoms with Gasteiger partial charge in [-0.1, -0.05) is 28.1 Å². The smallest absolute Gasteiger partial charge is 0.340 e. The minimum absolute atomic E-state index is 0.307. The Hall–Kier alpha value is -0.870. The fourth-order valence-corrected chi connectivity index (χ4v) is 2.10. The van der Waals surface area contributed by atoms with E-state index >= 15 is 0 Å². The lowest BCUT2D eigenvalue weighted by molar-refractivity contribution is -0.130. The van der Waals surface area contributed by atoms with Crippen LogP contribution >= 0.6 is 15.9 Å². The van der Waals surface area contributed by atoms with Crippen LogP contribution in [0.5, 0.6) is 0 Å². The van der Waals surface area contributed by atoms with Gasteiger partial charge in [0.15, 0.2) is 0 Å². The summed E-state index contributed by atoms with van der Waals surface area (Å²) in [6, 6.07) is 7.38. The Labute approximate surface area is 109 Å². The highest BCUT2D eigenvalue weighted by Crippen LogP contribution is 2.16. The molecule has 0 aliphatic carbocycles. The lowest BCUT2D eigenvalue weighted by atomic mass is 10.1. The fourth-order valence-electron chi connectivity index (χ4n) is 1.72. The summed E-state index contributed by atoms with van der Waals surface area (Å²) >= 11 is 3.36. The minimum Gasteiger partial charge on any atom is -0.432 e. The summed E-state index contributed by atoms with van der Waals surface area (Å²) in [7, 11) is 0. The molecular formula is C13H15BrO3. The molecule has 0 saturated carbocycles. The lowest BCUT2D eigenvalue weighted by Crippen LogP contribution is -2.25. The molecule has 1 heterocycles. The Morgan fingerprint density at radius 1 is 1.35 bits per heavy atom. The predicted octanol–water partition coefficient (Wildman–Crippen LogP) is 3.26. The predicted molar refractivity (Wildman–Crippen MR) is 68.1 cm³/mol. The van der Waals surface area contributed by atoms with Gasteiger partial charge in [0.25, 0.3) is 0 Å². The monoisotopic (exact) mass is 298 g/mol. The van der Waals surface area contributed by atoms with E-state index in [1.54, 1.807) is 12.1 Å². The number of carbonyl (C=O) groups is 1. The first kappa shape index (κ1) is 12.6. The fraction of sp³-hybridized carbons (Fsp3) is 0.462. The first-order valence-corrected chi connectivity index (χ1v) is 6.89. The first-order valence-electron chi connectivity index (χ1n) is 5.77. The van der Waals surface area contributed by atoms with Crippen molar-refractivity contribution in [2.45, 2.75) is 30.9 Å². The van der Waals surface area contributed by atoms with Gasteiger partial charge in [-0.05, 0) is 30.5 Å². The molecule has 2 rings (SSSR count). The van der Waals surface area contributed by atoms with Crippen molar-refractivity contribution in [1.29, 1.82) is 0 Å². The van der Waals surface area contributed by atoms with E-state index in [1.165, 1.54) is 0 Å². The third kappa shape index (κ3) is 3.54. The van der Waals surface area contributed by atoms with Crippen LogP contribution in [0.15, 0.2) is 24.3 Å². The SMILES string of the molecule is O=C(O[C@@H]1CCCCO1)c1ccc(CBr)cc1. The van der Waals surface area contributed by atoms with Gasteiger partial charge in [0.1, 0.15) is 0 Å².